The fourth-order valence-electron chi connectivity index (χ4n) is 3.29. The zero-order valence-electron chi connectivity index (χ0n) is 16.5. The summed E-state index contributed by atoms with van der Waals surface area (Å²) in [6, 6.07) is 11.6. The summed E-state index contributed by atoms with van der Waals surface area (Å²) in [5.41, 5.74) is 3.29. The van der Waals surface area contributed by atoms with Gasteiger partial charge in [0.2, 0.25) is 0 Å². The Balaban J connectivity index is 0.000000383. The molecule has 12 heteroatoms. The maximum absolute atomic E-state index is 14.8. The molecule has 1 unspecified atom stereocenters. The lowest BCUT2D eigenvalue weighted by atomic mass is 9.84. The number of aromatic amines is 1. The number of benzene rings is 2. The molecule has 0 fully saturated rings. The fourth-order valence-corrected chi connectivity index (χ4v) is 3.60. The van der Waals surface area contributed by atoms with Crippen LogP contribution in [-0.4, -0.2) is 34.0 Å². The van der Waals surface area contributed by atoms with Gasteiger partial charge in [-0.1, -0.05) is 29.3 Å². The molecule has 174 valence electrons. The summed E-state index contributed by atoms with van der Waals surface area (Å²) in [5, 5.41) is 17.7. The molecule has 0 radical (unpaired) electrons. The van der Waals surface area contributed by atoms with Crippen molar-refractivity contribution in [2.45, 2.75) is 18.6 Å². The van der Waals surface area contributed by atoms with Gasteiger partial charge in [-0.15, -0.1) is 0 Å². The van der Waals surface area contributed by atoms with Crippen LogP contribution in [0.15, 0.2) is 47.3 Å². The standard InChI is InChI=1S/C19H14Cl2FN3O.C2HF3O2/c20-15-2-1-10(6-16(15)21)14-9-23-8-11-5-13(17(22)7-12(11)14)18-3-4-19(26)25-24-18;3-2(4,5)1(6)7/h1-7,14,23H,8-9H2,(H,25,26);(H,6,7). The van der Waals surface area contributed by atoms with Crippen LogP contribution in [-0.2, 0) is 11.3 Å². The number of hydrogen-bond donors (Lipinski definition) is 3. The number of H-pyrrole nitrogens is 1. The number of carboxylic acid groups (broad SMARTS) is 1. The Morgan fingerprint density at radius 2 is 1.79 bits per heavy atom. The van der Waals surface area contributed by atoms with Crippen molar-refractivity contribution in [1.29, 1.82) is 0 Å². The van der Waals surface area contributed by atoms with E-state index in [0.717, 1.165) is 16.7 Å². The Labute approximate surface area is 194 Å². The number of carbonyl (C=O) groups is 1. The van der Waals surface area contributed by atoms with Crippen LogP contribution in [0.4, 0.5) is 17.6 Å². The lowest BCUT2D eigenvalue weighted by molar-refractivity contribution is -0.192. The summed E-state index contributed by atoms with van der Waals surface area (Å²) in [4.78, 5) is 20.1. The van der Waals surface area contributed by atoms with Gasteiger partial charge in [-0.05, 0) is 47.0 Å². The minimum Gasteiger partial charge on any atom is -0.475 e. The van der Waals surface area contributed by atoms with Crippen molar-refractivity contribution < 1.29 is 27.5 Å². The molecule has 0 amide bonds. The van der Waals surface area contributed by atoms with Crippen molar-refractivity contribution >= 4 is 29.2 Å². The average molecular weight is 504 g/mol. The van der Waals surface area contributed by atoms with E-state index in [1.54, 1.807) is 18.2 Å². The first kappa shape index (κ1) is 24.7. The molecule has 1 aliphatic rings. The van der Waals surface area contributed by atoms with Crippen molar-refractivity contribution in [2.24, 2.45) is 0 Å². The monoisotopic (exact) mass is 503 g/mol. The van der Waals surface area contributed by atoms with Gasteiger partial charge in [-0.3, -0.25) is 4.79 Å². The van der Waals surface area contributed by atoms with Gasteiger partial charge in [-0.2, -0.15) is 18.3 Å². The summed E-state index contributed by atoms with van der Waals surface area (Å²) >= 11 is 12.2. The second-order valence-electron chi connectivity index (χ2n) is 7.00. The molecule has 1 aliphatic heterocycles. The Morgan fingerprint density at radius 3 is 2.36 bits per heavy atom. The maximum Gasteiger partial charge on any atom is 0.490 e. The highest BCUT2D eigenvalue weighted by atomic mass is 35.5. The Morgan fingerprint density at radius 1 is 1.09 bits per heavy atom. The highest BCUT2D eigenvalue weighted by Gasteiger charge is 2.38. The highest BCUT2D eigenvalue weighted by Crippen LogP contribution is 2.36. The molecule has 1 atom stereocenters. The summed E-state index contributed by atoms with van der Waals surface area (Å²) in [6.45, 7) is 1.31. The SMILES string of the molecule is O=C(O)C(F)(F)F.O=c1ccc(-c2cc3c(cc2F)C(c2ccc(Cl)c(Cl)c2)CNC3)n[nH]1. The van der Waals surface area contributed by atoms with Crippen LogP contribution in [0.25, 0.3) is 11.3 Å². The van der Waals surface area contributed by atoms with Gasteiger partial charge in [0.05, 0.1) is 15.7 Å². The third kappa shape index (κ3) is 5.89. The number of nitrogens with zero attached hydrogens (tertiary/aromatic N) is 1. The Kier molecular flexibility index (Phi) is 7.41. The molecular weight excluding hydrogens is 489 g/mol. The highest BCUT2D eigenvalue weighted by molar-refractivity contribution is 6.42. The molecule has 3 N–H and O–H groups in total. The molecule has 0 saturated heterocycles. The number of nitrogens with one attached hydrogen (secondary N) is 2. The number of aliphatic carboxylic acids is 1. The van der Waals surface area contributed by atoms with Crippen LogP contribution in [0.2, 0.25) is 10.0 Å². The van der Waals surface area contributed by atoms with Gasteiger partial charge >= 0.3 is 12.1 Å². The number of fused-ring (bicyclic) bond motifs is 1. The van der Waals surface area contributed by atoms with E-state index in [-0.39, 0.29) is 17.3 Å². The molecule has 6 nitrogen and oxygen atoms in total. The second kappa shape index (κ2) is 9.90. The van der Waals surface area contributed by atoms with Crippen molar-refractivity contribution in [2.75, 3.05) is 6.54 Å². The molecule has 0 spiro atoms. The first-order chi connectivity index (χ1) is 15.5. The zero-order valence-corrected chi connectivity index (χ0v) is 18.0. The van der Waals surface area contributed by atoms with E-state index in [0.29, 0.717) is 34.4 Å². The molecule has 33 heavy (non-hydrogen) atoms. The normalized spacial score (nSPS) is 15.3. The van der Waals surface area contributed by atoms with Crippen LogP contribution in [0, 0.1) is 5.82 Å². The summed E-state index contributed by atoms with van der Waals surface area (Å²) in [7, 11) is 0. The number of rotatable bonds is 2. The molecule has 0 saturated carbocycles. The molecule has 4 rings (SSSR count). The molecule has 0 bridgehead atoms. The average Bonchev–Trinajstić information content (AvgIpc) is 2.75. The van der Waals surface area contributed by atoms with Crippen molar-refractivity contribution in [3.63, 3.8) is 0 Å². The predicted molar refractivity (Wildman–Crippen MR) is 114 cm³/mol. The Bertz CT molecular complexity index is 1230. The number of alkyl halides is 3. The number of carboxylic acids is 1. The van der Waals surface area contributed by atoms with Crippen LogP contribution >= 0.6 is 23.2 Å². The van der Waals surface area contributed by atoms with Crippen LogP contribution in [0.1, 0.15) is 22.6 Å². The van der Waals surface area contributed by atoms with E-state index in [2.05, 4.69) is 15.5 Å². The predicted octanol–water partition coefficient (Wildman–Crippen LogP) is 4.75. The maximum atomic E-state index is 14.8. The first-order valence-corrected chi connectivity index (χ1v) is 10.1. The van der Waals surface area contributed by atoms with E-state index in [1.807, 2.05) is 12.1 Å². The van der Waals surface area contributed by atoms with Crippen molar-refractivity contribution in [1.82, 2.24) is 15.5 Å². The van der Waals surface area contributed by atoms with Crippen LogP contribution < -0.4 is 10.9 Å². The molecular formula is C21H15Cl2F4N3O3. The smallest absolute Gasteiger partial charge is 0.475 e. The van der Waals surface area contributed by atoms with E-state index < -0.39 is 12.1 Å². The van der Waals surface area contributed by atoms with Crippen molar-refractivity contribution in [3.05, 3.63) is 85.4 Å². The van der Waals surface area contributed by atoms with E-state index in [4.69, 9.17) is 33.1 Å². The van der Waals surface area contributed by atoms with E-state index in [1.165, 1.54) is 12.1 Å². The molecule has 0 aliphatic carbocycles. The van der Waals surface area contributed by atoms with Crippen molar-refractivity contribution in [3.8, 4) is 11.3 Å². The lowest BCUT2D eigenvalue weighted by Crippen LogP contribution is -2.29. The second-order valence-corrected chi connectivity index (χ2v) is 7.81. The van der Waals surface area contributed by atoms with E-state index in [9.17, 15) is 22.4 Å². The first-order valence-electron chi connectivity index (χ1n) is 9.31. The van der Waals surface area contributed by atoms with Crippen LogP contribution in [0.5, 0.6) is 0 Å². The summed E-state index contributed by atoms with van der Waals surface area (Å²) in [5.74, 6) is -3.16. The molecule has 2 heterocycles. The molecule has 3 aromatic rings. The Hall–Kier alpha value is -2.95. The zero-order chi connectivity index (χ0) is 24.3. The molecule has 1 aromatic heterocycles. The minimum absolute atomic E-state index is 0.0272. The van der Waals surface area contributed by atoms with Gasteiger partial charge in [0.1, 0.15) is 5.82 Å². The van der Waals surface area contributed by atoms with Gasteiger partial charge < -0.3 is 10.4 Å². The summed E-state index contributed by atoms with van der Waals surface area (Å²) < 4.78 is 46.5. The fraction of sp³-hybridized carbons (Fsp3) is 0.190. The van der Waals surface area contributed by atoms with Crippen LogP contribution in [0.3, 0.4) is 0 Å². The third-order valence-electron chi connectivity index (χ3n) is 4.81. The lowest BCUT2D eigenvalue weighted by Gasteiger charge is -2.28. The van der Waals surface area contributed by atoms with Gasteiger partial charge in [0, 0.05) is 30.6 Å². The topological polar surface area (TPSA) is 95.1 Å². The number of hydrogen-bond acceptors (Lipinski definition) is 4. The largest absolute Gasteiger partial charge is 0.490 e. The number of halogens is 6. The molecule has 2 aromatic carbocycles. The third-order valence-corrected chi connectivity index (χ3v) is 5.55. The minimum atomic E-state index is -5.08. The van der Waals surface area contributed by atoms with Gasteiger partial charge in [0.15, 0.2) is 0 Å². The number of aromatic nitrogens is 2. The van der Waals surface area contributed by atoms with E-state index >= 15 is 0 Å². The van der Waals surface area contributed by atoms with Gasteiger partial charge in [0.25, 0.3) is 5.56 Å². The quantitative estimate of drug-likeness (QED) is 0.438. The van der Waals surface area contributed by atoms with Gasteiger partial charge in [-0.25, -0.2) is 14.3 Å². The summed E-state index contributed by atoms with van der Waals surface area (Å²) in [6.07, 6.45) is -5.08.